The second-order valence-corrected chi connectivity index (χ2v) is 7.99. The smallest absolute Gasteiger partial charge is 0.456 e. The van der Waals surface area contributed by atoms with Crippen molar-refractivity contribution in [2.75, 3.05) is 19.0 Å². The Morgan fingerprint density at radius 3 is 2.42 bits per heavy atom. The minimum atomic E-state index is -5.78. The van der Waals surface area contributed by atoms with Crippen LogP contribution in [-0.4, -0.2) is 65.8 Å². The molecule has 0 aliphatic rings. The molecule has 0 radical (unpaired) electrons. The minimum Gasteiger partial charge on any atom is -0.470 e. The third-order valence-corrected chi connectivity index (χ3v) is 5.39. The molecule has 0 saturated carbocycles. The zero-order chi connectivity index (χ0) is 24.4. The molecule has 1 atom stereocenters. The van der Waals surface area contributed by atoms with Gasteiger partial charge in [-0.3, -0.25) is 4.21 Å². The highest BCUT2D eigenvalue weighted by Crippen LogP contribution is 2.35. The van der Waals surface area contributed by atoms with Crippen LogP contribution in [0.3, 0.4) is 0 Å². The first kappa shape index (κ1) is 24.4. The lowest BCUT2D eigenvalue weighted by atomic mass is 10.2. The van der Waals surface area contributed by atoms with Crippen LogP contribution >= 0.6 is 0 Å². The van der Waals surface area contributed by atoms with Crippen LogP contribution in [0.1, 0.15) is 24.3 Å². The molecule has 0 aromatic carbocycles. The van der Waals surface area contributed by atoms with Gasteiger partial charge in [0.25, 0.3) is 0 Å². The standard InChI is InChI=1S/C18H16F5N5O4S/c1-3-31-16(29)11-5-6-24-14-13(15(27-28(11)14)33(30)4-2)10-7-26-12(8-25-10)32-9-17(19,20)18(21,22)23/h5-8H,3-4,9H2,1-2H3. The molecule has 0 amide bonds. The second kappa shape index (κ2) is 9.33. The number of hydrogen-bond donors (Lipinski definition) is 0. The van der Waals surface area contributed by atoms with E-state index in [0.29, 0.717) is 0 Å². The van der Waals surface area contributed by atoms with Crippen LogP contribution in [0, 0.1) is 0 Å². The molecule has 1 unspecified atom stereocenters. The summed E-state index contributed by atoms with van der Waals surface area (Å²) in [4.78, 5) is 24.1. The first-order chi connectivity index (χ1) is 15.5. The summed E-state index contributed by atoms with van der Waals surface area (Å²) in [5, 5.41) is 4.23. The van der Waals surface area contributed by atoms with Crippen molar-refractivity contribution in [3.8, 4) is 17.1 Å². The molecule has 0 aliphatic heterocycles. The maximum Gasteiger partial charge on any atom is 0.456 e. The molecule has 3 rings (SSSR count). The number of aromatic nitrogens is 5. The highest BCUT2D eigenvalue weighted by molar-refractivity contribution is 7.85. The van der Waals surface area contributed by atoms with Gasteiger partial charge < -0.3 is 9.47 Å². The van der Waals surface area contributed by atoms with Gasteiger partial charge in [-0.15, -0.1) is 0 Å². The van der Waals surface area contributed by atoms with Crippen molar-refractivity contribution in [3.63, 3.8) is 0 Å². The van der Waals surface area contributed by atoms with Gasteiger partial charge in [0.05, 0.1) is 41.1 Å². The molecule has 0 fully saturated rings. The lowest BCUT2D eigenvalue weighted by molar-refractivity contribution is -0.290. The molecular formula is C18H16F5N5O4S. The van der Waals surface area contributed by atoms with E-state index >= 15 is 0 Å². The fourth-order valence-corrected chi connectivity index (χ4v) is 3.44. The predicted octanol–water partition coefficient (Wildman–Crippen LogP) is 3.07. The van der Waals surface area contributed by atoms with E-state index in [-0.39, 0.29) is 40.0 Å². The molecule has 15 heteroatoms. The van der Waals surface area contributed by atoms with Gasteiger partial charge >= 0.3 is 18.1 Å². The molecule has 0 N–H and O–H groups in total. The minimum absolute atomic E-state index is 0.00440. The molecule has 0 spiro atoms. The lowest BCUT2D eigenvalue weighted by Crippen LogP contribution is -2.41. The van der Waals surface area contributed by atoms with Gasteiger partial charge in [0.2, 0.25) is 5.88 Å². The number of ether oxygens (including phenoxy) is 2. The number of alkyl halides is 5. The fraction of sp³-hybridized carbons (Fsp3) is 0.389. The Hall–Kier alpha value is -3.23. The van der Waals surface area contributed by atoms with Crippen LogP contribution in [0.25, 0.3) is 16.9 Å². The Morgan fingerprint density at radius 1 is 1.12 bits per heavy atom. The van der Waals surface area contributed by atoms with Gasteiger partial charge in [0.1, 0.15) is 0 Å². The Kier molecular flexibility index (Phi) is 6.90. The average Bonchev–Trinajstić information content (AvgIpc) is 3.16. The number of hydrogen-bond acceptors (Lipinski definition) is 8. The van der Waals surface area contributed by atoms with Crippen LogP contribution in [-0.2, 0) is 15.5 Å². The molecule has 3 aromatic heterocycles. The maximum absolute atomic E-state index is 13.0. The average molecular weight is 493 g/mol. The van der Waals surface area contributed by atoms with Crippen LogP contribution in [0.2, 0.25) is 0 Å². The Bertz CT molecular complexity index is 1180. The molecular weight excluding hydrogens is 477 g/mol. The summed E-state index contributed by atoms with van der Waals surface area (Å²) in [6.45, 7) is 1.38. The molecule has 178 valence electrons. The largest absolute Gasteiger partial charge is 0.470 e. The van der Waals surface area contributed by atoms with Crippen LogP contribution in [0.15, 0.2) is 29.7 Å². The summed E-state index contributed by atoms with van der Waals surface area (Å²) >= 11 is 0. The third-order valence-electron chi connectivity index (χ3n) is 4.15. The van der Waals surface area contributed by atoms with E-state index < -0.39 is 41.4 Å². The number of carbonyl (C=O) groups is 1. The Labute approximate surface area is 185 Å². The molecule has 3 aromatic rings. The normalized spacial score (nSPS) is 13.2. The van der Waals surface area contributed by atoms with Crippen molar-refractivity contribution in [1.29, 1.82) is 0 Å². The van der Waals surface area contributed by atoms with Crippen molar-refractivity contribution in [3.05, 3.63) is 30.4 Å². The highest BCUT2D eigenvalue weighted by atomic mass is 32.2. The Balaban J connectivity index is 2.01. The van der Waals surface area contributed by atoms with Gasteiger partial charge in [0.15, 0.2) is 23.0 Å². The van der Waals surface area contributed by atoms with E-state index in [0.717, 1.165) is 16.9 Å². The zero-order valence-corrected chi connectivity index (χ0v) is 17.9. The van der Waals surface area contributed by atoms with Gasteiger partial charge in [-0.1, -0.05) is 6.92 Å². The quantitative estimate of drug-likeness (QED) is 0.348. The van der Waals surface area contributed by atoms with Crippen molar-refractivity contribution >= 4 is 22.4 Å². The van der Waals surface area contributed by atoms with E-state index in [1.807, 2.05) is 0 Å². The van der Waals surface area contributed by atoms with Gasteiger partial charge in [0, 0.05) is 11.9 Å². The third kappa shape index (κ3) is 4.91. The molecule has 0 saturated heterocycles. The van der Waals surface area contributed by atoms with Crippen molar-refractivity contribution < 1.29 is 40.4 Å². The summed E-state index contributed by atoms with van der Waals surface area (Å²) in [7, 11) is -1.64. The van der Waals surface area contributed by atoms with E-state index in [2.05, 4.69) is 24.8 Å². The molecule has 9 nitrogen and oxygen atoms in total. The summed E-state index contributed by atoms with van der Waals surface area (Å²) in [6.07, 6.45) is -2.62. The number of halogens is 5. The summed E-state index contributed by atoms with van der Waals surface area (Å²) in [5.41, 5.74) is 0.264. The molecule has 33 heavy (non-hydrogen) atoms. The predicted molar refractivity (Wildman–Crippen MR) is 103 cm³/mol. The second-order valence-electron chi connectivity index (χ2n) is 6.33. The molecule has 0 bridgehead atoms. The van der Waals surface area contributed by atoms with Crippen LogP contribution in [0.4, 0.5) is 22.0 Å². The van der Waals surface area contributed by atoms with Crippen molar-refractivity contribution in [2.24, 2.45) is 0 Å². The zero-order valence-electron chi connectivity index (χ0n) is 17.1. The lowest BCUT2D eigenvalue weighted by Gasteiger charge is -2.19. The topological polar surface area (TPSA) is 109 Å². The van der Waals surface area contributed by atoms with E-state index in [1.165, 1.54) is 12.3 Å². The number of carbonyl (C=O) groups excluding carboxylic acids is 1. The van der Waals surface area contributed by atoms with Crippen LogP contribution in [0.5, 0.6) is 5.88 Å². The van der Waals surface area contributed by atoms with E-state index in [9.17, 15) is 31.0 Å². The number of fused-ring (bicyclic) bond motifs is 1. The monoisotopic (exact) mass is 493 g/mol. The van der Waals surface area contributed by atoms with E-state index in [1.54, 1.807) is 13.8 Å². The first-order valence-electron chi connectivity index (χ1n) is 9.33. The SMILES string of the molecule is CCOC(=O)c1ccnc2c(-c3cnc(OCC(F)(F)C(F)(F)F)cn3)c(S(=O)CC)nn12. The van der Waals surface area contributed by atoms with Gasteiger partial charge in [-0.2, -0.15) is 27.1 Å². The van der Waals surface area contributed by atoms with Gasteiger partial charge in [-0.25, -0.2) is 24.3 Å². The molecule has 3 heterocycles. The van der Waals surface area contributed by atoms with Crippen molar-refractivity contribution in [1.82, 2.24) is 24.6 Å². The molecule has 0 aliphatic carbocycles. The van der Waals surface area contributed by atoms with E-state index in [4.69, 9.17) is 4.74 Å². The van der Waals surface area contributed by atoms with Gasteiger partial charge in [-0.05, 0) is 13.0 Å². The summed E-state index contributed by atoms with van der Waals surface area (Å²) in [5.74, 6) is -6.20. The number of esters is 1. The fourth-order valence-electron chi connectivity index (χ4n) is 2.57. The summed E-state index contributed by atoms with van der Waals surface area (Å²) < 4.78 is 86.1. The number of rotatable bonds is 8. The van der Waals surface area contributed by atoms with Crippen molar-refractivity contribution in [2.45, 2.75) is 31.0 Å². The Morgan fingerprint density at radius 2 is 1.85 bits per heavy atom. The highest BCUT2D eigenvalue weighted by Gasteiger charge is 2.58. The summed E-state index contributed by atoms with van der Waals surface area (Å²) in [6, 6.07) is 1.35. The van der Waals surface area contributed by atoms with Crippen LogP contribution < -0.4 is 4.74 Å². The first-order valence-corrected chi connectivity index (χ1v) is 10.6. The number of nitrogens with zero attached hydrogens (tertiary/aromatic N) is 5. The maximum atomic E-state index is 13.0.